The number of hydrogen-bond donors (Lipinski definition) is 1. The maximum Gasteiger partial charge on any atom is 0.251 e. The Labute approximate surface area is 167 Å². The number of carbonyl (C=O) groups excluding carboxylic acids is 1. The lowest BCUT2D eigenvalue weighted by molar-refractivity contribution is -0.133. The third-order valence-electron chi connectivity index (χ3n) is 7.00. The highest BCUT2D eigenvalue weighted by molar-refractivity contribution is 5.81. The second kappa shape index (κ2) is 7.97. The van der Waals surface area contributed by atoms with Crippen LogP contribution in [0.5, 0.6) is 0 Å². The molecule has 0 spiro atoms. The maximum atomic E-state index is 12.5. The molecule has 2 saturated heterocycles. The minimum atomic E-state index is -0.0352. The summed E-state index contributed by atoms with van der Waals surface area (Å²) in [6.45, 7) is 10.3. The Balaban J connectivity index is 1.43. The molecule has 1 saturated carbocycles. The van der Waals surface area contributed by atoms with E-state index >= 15 is 0 Å². The third kappa shape index (κ3) is 4.17. The number of amides is 1. The van der Waals surface area contributed by atoms with E-state index in [0.29, 0.717) is 23.8 Å². The van der Waals surface area contributed by atoms with Crippen LogP contribution in [0, 0.1) is 11.8 Å². The van der Waals surface area contributed by atoms with Gasteiger partial charge in [-0.3, -0.25) is 9.59 Å². The average Bonchev–Trinajstić information content (AvgIpc) is 3.43. The molecule has 1 amide bonds. The van der Waals surface area contributed by atoms with Crippen molar-refractivity contribution < 1.29 is 4.79 Å². The Kier molecular flexibility index (Phi) is 5.59. The summed E-state index contributed by atoms with van der Waals surface area (Å²) >= 11 is 0. The topological polar surface area (TPSA) is 69.3 Å². The number of hydrogen-bond acceptors (Lipinski definition) is 4. The maximum absolute atomic E-state index is 12.5. The van der Waals surface area contributed by atoms with Crippen LogP contribution < -0.4 is 5.56 Å². The van der Waals surface area contributed by atoms with Crippen molar-refractivity contribution in [3.8, 4) is 0 Å². The first-order valence-electron chi connectivity index (χ1n) is 11.1. The van der Waals surface area contributed by atoms with Gasteiger partial charge < -0.3 is 14.8 Å². The molecule has 6 heteroatoms. The summed E-state index contributed by atoms with van der Waals surface area (Å²) in [7, 11) is 0. The van der Waals surface area contributed by atoms with Crippen LogP contribution in [-0.4, -0.2) is 57.9 Å². The van der Waals surface area contributed by atoms with E-state index in [1.807, 2.05) is 4.90 Å². The predicted molar refractivity (Wildman–Crippen MR) is 109 cm³/mol. The van der Waals surface area contributed by atoms with Crippen molar-refractivity contribution in [2.45, 2.75) is 70.8 Å². The van der Waals surface area contributed by atoms with Crippen molar-refractivity contribution in [3.05, 3.63) is 27.9 Å². The van der Waals surface area contributed by atoms with Gasteiger partial charge in [0.1, 0.15) is 5.82 Å². The van der Waals surface area contributed by atoms with Crippen molar-refractivity contribution >= 4 is 5.91 Å². The van der Waals surface area contributed by atoms with Gasteiger partial charge in [0.2, 0.25) is 5.91 Å². The molecule has 1 N–H and O–H groups in total. The number of aromatic amines is 1. The zero-order valence-electron chi connectivity index (χ0n) is 17.5. The van der Waals surface area contributed by atoms with Crippen LogP contribution in [0.4, 0.5) is 0 Å². The van der Waals surface area contributed by atoms with E-state index in [4.69, 9.17) is 4.98 Å². The third-order valence-corrected chi connectivity index (χ3v) is 7.00. The quantitative estimate of drug-likeness (QED) is 0.864. The van der Waals surface area contributed by atoms with Crippen LogP contribution >= 0.6 is 0 Å². The molecule has 0 bridgehead atoms. The summed E-state index contributed by atoms with van der Waals surface area (Å²) in [5, 5.41) is 0. The largest absolute Gasteiger partial charge is 0.342 e. The number of nitrogens with one attached hydrogen (secondary N) is 1. The molecule has 28 heavy (non-hydrogen) atoms. The Morgan fingerprint density at radius 2 is 1.89 bits per heavy atom. The first kappa shape index (κ1) is 19.6. The Hall–Kier alpha value is -1.69. The molecule has 0 aromatic carbocycles. The van der Waals surface area contributed by atoms with Crippen molar-refractivity contribution in [2.75, 3.05) is 26.2 Å². The Bertz CT molecular complexity index is 766. The molecule has 3 atom stereocenters. The SMILES string of the molecule is CC(C)N1CCC[C@@H](c2cc(=O)[nH]c(C3CCN(C(=O)[C@@H]4C[C@H]4C)CC3)n2)C1. The summed E-state index contributed by atoms with van der Waals surface area (Å²) in [5.74, 6) is 2.57. The van der Waals surface area contributed by atoms with E-state index in [2.05, 4.69) is 30.7 Å². The fourth-order valence-electron chi connectivity index (χ4n) is 4.89. The molecule has 4 rings (SSSR count). The normalized spacial score (nSPS) is 29.3. The van der Waals surface area contributed by atoms with E-state index in [-0.39, 0.29) is 17.4 Å². The molecule has 6 nitrogen and oxygen atoms in total. The molecule has 3 aliphatic rings. The van der Waals surface area contributed by atoms with E-state index in [1.54, 1.807) is 6.07 Å². The number of aromatic nitrogens is 2. The molecular formula is C22H34N4O2. The number of piperidine rings is 2. The van der Waals surface area contributed by atoms with Gasteiger partial charge in [0.25, 0.3) is 5.56 Å². The van der Waals surface area contributed by atoms with Crippen LogP contribution in [0.2, 0.25) is 0 Å². The summed E-state index contributed by atoms with van der Waals surface area (Å²) in [6, 6.07) is 2.23. The molecule has 1 aliphatic carbocycles. The lowest BCUT2D eigenvalue weighted by atomic mass is 9.92. The van der Waals surface area contributed by atoms with E-state index in [9.17, 15) is 9.59 Å². The van der Waals surface area contributed by atoms with Crippen LogP contribution in [0.15, 0.2) is 10.9 Å². The van der Waals surface area contributed by atoms with Gasteiger partial charge in [0.05, 0.1) is 5.69 Å². The molecule has 1 aromatic rings. The lowest BCUT2D eigenvalue weighted by Gasteiger charge is -2.35. The monoisotopic (exact) mass is 386 g/mol. The molecule has 3 heterocycles. The van der Waals surface area contributed by atoms with Crippen LogP contribution in [0.3, 0.4) is 0 Å². The molecule has 0 unspecified atom stereocenters. The van der Waals surface area contributed by atoms with Gasteiger partial charge in [0.15, 0.2) is 0 Å². The first-order chi connectivity index (χ1) is 13.4. The molecule has 3 fully saturated rings. The zero-order chi connectivity index (χ0) is 19.8. The summed E-state index contributed by atoms with van der Waals surface area (Å²) < 4.78 is 0. The van der Waals surface area contributed by atoms with Gasteiger partial charge >= 0.3 is 0 Å². The smallest absolute Gasteiger partial charge is 0.251 e. The summed E-state index contributed by atoms with van der Waals surface area (Å²) in [5.41, 5.74) is 0.918. The zero-order valence-corrected chi connectivity index (χ0v) is 17.5. The van der Waals surface area contributed by atoms with Gasteiger partial charge in [0, 0.05) is 49.5 Å². The number of likely N-dealkylation sites (tertiary alicyclic amines) is 2. The van der Waals surface area contributed by atoms with Crippen molar-refractivity contribution in [3.63, 3.8) is 0 Å². The first-order valence-corrected chi connectivity index (χ1v) is 11.1. The number of rotatable bonds is 4. The van der Waals surface area contributed by atoms with Gasteiger partial charge in [-0.1, -0.05) is 6.92 Å². The number of nitrogens with zero attached hydrogens (tertiary/aromatic N) is 3. The van der Waals surface area contributed by atoms with Gasteiger partial charge in [-0.25, -0.2) is 4.98 Å². The second-order valence-corrected chi connectivity index (χ2v) is 9.40. The van der Waals surface area contributed by atoms with E-state index in [1.165, 1.54) is 0 Å². The van der Waals surface area contributed by atoms with Gasteiger partial charge in [-0.05, 0) is 58.4 Å². The molecule has 0 radical (unpaired) electrons. The predicted octanol–water partition coefficient (Wildman–Crippen LogP) is 2.72. The average molecular weight is 387 g/mol. The fraction of sp³-hybridized carbons (Fsp3) is 0.773. The highest BCUT2D eigenvalue weighted by Gasteiger charge is 2.42. The number of H-pyrrole nitrogens is 1. The van der Waals surface area contributed by atoms with Crippen LogP contribution in [0.1, 0.15) is 76.2 Å². The van der Waals surface area contributed by atoms with Gasteiger partial charge in [-0.15, -0.1) is 0 Å². The standard InChI is InChI=1S/C22H34N4O2/c1-14(2)26-8-4-5-17(13-26)19-12-20(27)24-21(23-19)16-6-9-25(10-7-16)22(28)18-11-15(18)3/h12,14-18H,4-11,13H2,1-3H3,(H,23,24,27)/t15-,17-,18-/m1/s1. The van der Waals surface area contributed by atoms with E-state index in [0.717, 1.165) is 69.8 Å². The van der Waals surface area contributed by atoms with E-state index < -0.39 is 0 Å². The van der Waals surface area contributed by atoms with Crippen molar-refractivity contribution in [2.24, 2.45) is 11.8 Å². The van der Waals surface area contributed by atoms with Crippen molar-refractivity contribution in [1.82, 2.24) is 19.8 Å². The molecule has 1 aromatic heterocycles. The lowest BCUT2D eigenvalue weighted by Crippen LogP contribution is -2.40. The minimum Gasteiger partial charge on any atom is -0.342 e. The Morgan fingerprint density at radius 3 is 2.54 bits per heavy atom. The van der Waals surface area contributed by atoms with Crippen molar-refractivity contribution in [1.29, 1.82) is 0 Å². The minimum absolute atomic E-state index is 0.0352. The molecular weight excluding hydrogens is 352 g/mol. The molecule has 154 valence electrons. The van der Waals surface area contributed by atoms with Gasteiger partial charge in [-0.2, -0.15) is 0 Å². The highest BCUT2D eigenvalue weighted by atomic mass is 16.2. The number of carbonyl (C=O) groups is 1. The Morgan fingerprint density at radius 1 is 1.18 bits per heavy atom. The summed E-state index contributed by atoms with van der Waals surface area (Å²) in [4.78, 5) is 37.2. The second-order valence-electron chi connectivity index (χ2n) is 9.40. The fourth-order valence-corrected chi connectivity index (χ4v) is 4.89. The van der Waals surface area contributed by atoms with Crippen LogP contribution in [0.25, 0.3) is 0 Å². The molecule has 2 aliphatic heterocycles. The highest BCUT2D eigenvalue weighted by Crippen LogP contribution is 2.40. The van der Waals surface area contributed by atoms with Crippen LogP contribution in [-0.2, 0) is 4.79 Å². The summed E-state index contributed by atoms with van der Waals surface area (Å²) in [6.07, 6.45) is 5.09.